The minimum absolute atomic E-state index is 0.245. The number of carbonyl (C=O) groups excluding carboxylic acids is 2. The average Bonchev–Trinajstić information content (AvgIpc) is 3.04. The normalized spacial score (nSPS) is 14.6. The molecule has 0 heterocycles. The lowest BCUT2D eigenvalue weighted by Crippen LogP contribution is -2.40. The van der Waals surface area contributed by atoms with Crippen LogP contribution in [0.3, 0.4) is 0 Å². The summed E-state index contributed by atoms with van der Waals surface area (Å²) in [7, 11) is 0. The Hall–Kier alpha value is -2.83. The van der Waals surface area contributed by atoms with E-state index in [1.54, 1.807) is 24.3 Å². The fourth-order valence-electron chi connectivity index (χ4n) is 2.26. The van der Waals surface area contributed by atoms with Crippen LogP contribution in [0.15, 0.2) is 36.4 Å². The van der Waals surface area contributed by atoms with Gasteiger partial charge >= 0.3 is 5.97 Å². The number of carbonyl (C=O) groups is 3. The summed E-state index contributed by atoms with van der Waals surface area (Å²) in [5, 5.41) is 8.38. The molecule has 0 aliphatic heterocycles. The first-order chi connectivity index (χ1) is 11.0. The number of amides is 2. The van der Waals surface area contributed by atoms with Crippen LogP contribution in [-0.2, 0) is 9.59 Å². The van der Waals surface area contributed by atoms with Gasteiger partial charge in [0.25, 0.3) is 11.8 Å². The van der Waals surface area contributed by atoms with Gasteiger partial charge in [-0.25, -0.2) is 4.79 Å². The first kappa shape index (κ1) is 16.5. The van der Waals surface area contributed by atoms with Gasteiger partial charge in [0.05, 0.1) is 6.10 Å². The molecular weight excluding hydrogens is 300 g/mol. The number of nitrogens with one attached hydrogen (secondary N) is 2. The van der Waals surface area contributed by atoms with Crippen molar-refractivity contribution < 1.29 is 24.2 Å². The number of ether oxygens (including phenoxy) is 1. The van der Waals surface area contributed by atoms with Crippen molar-refractivity contribution in [3.05, 3.63) is 42.0 Å². The summed E-state index contributed by atoms with van der Waals surface area (Å²) in [6.07, 6.45) is 6.20. The molecule has 122 valence electrons. The fraction of sp³-hybridized carbons (Fsp3) is 0.312. The molecule has 0 unspecified atom stereocenters. The molecule has 3 N–H and O–H groups in total. The molecule has 0 radical (unpaired) electrons. The van der Waals surface area contributed by atoms with Crippen LogP contribution in [0.5, 0.6) is 5.75 Å². The molecule has 0 atom stereocenters. The SMILES string of the molecule is O=C(O)C=CC(=O)NNC(=O)c1ccc(OC2CCCC2)cc1. The van der Waals surface area contributed by atoms with Crippen molar-refractivity contribution in [2.45, 2.75) is 31.8 Å². The van der Waals surface area contributed by atoms with Gasteiger partial charge in [-0.3, -0.25) is 20.4 Å². The van der Waals surface area contributed by atoms with Gasteiger partial charge in [0.1, 0.15) is 5.75 Å². The van der Waals surface area contributed by atoms with Gasteiger partial charge in [0.15, 0.2) is 0 Å². The summed E-state index contributed by atoms with van der Waals surface area (Å²) < 4.78 is 5.80. The van der Waals surface area contributed by atoms with Crippen molar-refractivity contribution in [2.75, 3.05) is 0 Å². The Morgan fingerprint density at radius 3 is 2.30 bits per heavy atom. The number of carboxylic acid groups (broad SMARTS) is 1. The Labute approximate surface area is 133 Å². The number of rotatable bonds is 5. The van der Waals surface area contributed by atoms with E-state index in [4.69, 9.17) is 9.84 Å². The summed E-state index contributed by atoms with van der Waals surface area (Å²) in [6, 6.07) is 6.61. The van der Waals surface area contributed by atoms with Gasteiger partial charge in [-0.1, -0.05) is 0 Å². The molecule has 7 nitrogen and oxygen atoms in total. The Morgan fingerprint density at radius 2 is 1.70 bits per heavy atom. The highest BCUT2D eigenvalue weighted by Gasteiger charge is 2.16. The number of hydrogen-bond acceptors (Lipinski definition) is 4. The molecule has 7 heteroatoms. The number of aliphatic carboxylic acids is 1. The van der Waals surface area contributed by atoms with Crippen molar-refractivity contribution in [1.29, 1.82) is 0 Å². The molecule has 0 spiro atoms. The van der Waals surface area contributed by atoms with Gasteiger partial charge in [0.2, 0.25) is 0 Å². The first-order valence-electron chi connectivity index (χ1n) is 7.32. The van der Waals surface area contributed by atoms with Crippen LogP contribution in [0, 0.1) is 0 Å². The minimum atomic E-state index is -1.25. The van der Waals surface area contributed by atoms with Crippen LogP contribution in [0.4, 0.5) is 0 Å². The lowest BCUT2D eigenvalue weighted by Gasteiger charge is -2.13. The third kappa shape index (κ3) is 5.46. The second-order valence-electron chi connectivity index (χ2n) is 5.16. The van der Waals surface area contributed by atoms with Crippen LogP contribution in [0.1, 0.15) is 36.0 Å². The number of carboxylic acids is 1. The maximum Gasteiger partial charge on any atom is 0.328 e. The van der Waals surface area contributed by atoms with Gasteiger partial charge in [0, 0.05) is 17.7 Å². The lowest BCUT2D eigenvalue weighted by atomic mass is 10.2. The predicted octanol–water partition coefficient (Wildman–Crippen LogP) is 1.41. The van der Waals surface area contributed by atoms with E-state index in [9.17, 15) is 14.4 Å². The average molecular weight is 318 g/mol. The molecule has 2 amide bonds. The third-order valence-corrected chi connectivity index (χ3v) is 3.40. The molecule has 23 heavy (non-hydrogen) atoms. The zero-order valence-corrected chi connectivity index (χ0v) is 12.5. The van der Waals surface area contributed by atoms with E-state index in [-0.39, 0.29) is 6.10 Å². The monoisotopic (exact) mass is 318 g/mol. The largest absolute Gasteiger partial charge is 0.490 e. The topological polar surface area (TPSA) is 105 Å². The molecule has 1 aliphatic rings. The fourth-order valence-corrected chi connectivity index (χ4v) is 2.26. The van der Waals surface area contributed by atoms with Crippen molar-refractivity contribution in [3.8, 4) is 5.75 Å². The number of hydrogen-bond donors (Lipinski definition) is 3. The second kappa shape index (κ2) is 7.98. The van der Waals surface area contributed by atoms with Crippen LogP contribution >= 0.6 is 0 Å². The second-order valence-corrected chi connectivity index (χ2v) is 5.16. The van der Waals surface area contributed by atoms with Gasteiger partial charge in [-0.15, -0.1) is 0 Å². The minimum Gasteiger partial charge on any atom is -0.490 e. The molecule has 1 fully saturated rings. The van der Waals surface area contributed by atoms with Gasteiger partial charge in [-0.05, 0) is 49.9 Å². The van der Waals surface area contributed by atoms with E-state index >= 15 is 0 Å². The van der Waals surface area contributed by atoms with Crippen LogP contribution < -0.4 is 15.6 Å². The van der Waals surface area contributed by atoms with E-state index in [2.05, 4.69) is 10.9 Å². The molecule has 0 bridgehead atoms. The predicted molar refractivity (Wildman–Crippen MR) is 81.7 cm³/mol. The number of benzene rings is 1. The van der Waals surface area contributed by atoms with Crippen LogP contribution in [0.2, 0.25) is 0 Å². The highest BCUT2D eigenvalue weighted by molar-refractivity contribution is 5.98. The third-order valence-electron chi connectivity index (χ3n) is 3.40. The van der Waals surface area contributed by atoms with Crippen LogP contribution in [-0.4, -0.2) is 29.0 Å². The molecule has 1 aromatic rings. The Kier molecular flexibility index (Phi) is 5.74. The molecule has 0 saturated heterocycles. The molecule has 2 rings (SSSR count). The Balaban J connectivity index is 1.82. The highest BCUT2D eigenvalue weighted by Crippen LogP contribution is 2.24. The van der Waals surface area contributed by atoms with Crippen LogP contribution in [0.25, 0.3) is 0 Å². The standard InChI is InChI=1S/C16H18N2O5/c19-14(9-10-15(20)21)17-18-16(22)11-5-7-13(8-6-11)23-12-3-1-2-4-12/h5-10,12H,1-4H2,(H,17,19)(H,18,22)(H,20,21). The van der Waals surface area contributed by atoms with E-state index < -0.39 is 17.8 Å². The van der Waals surface area contributed by atoms with E-state index in [0.717, 1.165) is 18.9 Å². The lowest BCUT2D eigenvalue weighted by molar-refractivity contribution is -0.131. The van der Waals surface area contributed by atoms with Crippen molar-refractivity contribution in [1.82, 2.24) is 10.9 Å². The Morgan fingerprint density at radius 1 is 1.04 bits per heavy atom. The molecular formula is C16H18N2O5. The van der Waals surface area contributed by atoms with Crippen molar-refractivity contribution in [3.63, 3.8) is 0 Å². The molecule has 1 saturated carbocycles. The summed E-state index contributed by atoms with van der Waals surface area (Å²) in [5.41, 5.74) is 4.63. The van der Waals surface area contributed by atoms with Crippen molar-refractivity contribution in [2.24, 2.45) is 0 Å². The Bertz CT molecular complexity index is 603. The summed E-state index contributed by atoms with van der Waals surface area (Å²) >= 11 is 0. The summed E-state index contributed by atoms with van der Waals surface area (Å²) in [5.74, 6) is -1.78. The number of hydrazine groups is 1. The smallest absolute Gasteiger partial charge is 0.328 e. The van der Waals surface area contributed by atoms with Crippen molar-refractivity contribution >= 4 is 17.8 Å². The van der Waals surface area contributed by atoms with Gasteiger partial charge < -0.3 is 9.84 Å². The van der Waals surface area contributed by atoms with E-state index in [1.165, 1.54) is 12.8 Å². The van der Waals surface area contributed by atoms with E-state index in [0.29, 0.717) is 17.4 Å². The summed E-state index contributed by atoms with van der Waals surface area (Å²) in [6.45, 7) is 0. The first-order valence-corrected chi connectivity index (χ1v) is 7.32. The zero-order valence-electron chi connectivity index (χ0n) is 12.5. The highest BCUT2D eigenvalue weighted by atomic mass is 16.5. The van der Waals surface area contributed by atoms with Gasteiger partial charge in [-0.2, -0.15) is 0 Å². The molecule has 1 aliphatic carbocycles. The maximum absolute atomic E-state index is 11.8. The summed E-state index contributed by atoms with van der Waals surface area (Å²) in [4.78, 5) is 33.3. The van der Waals surface area contributed by atoms with E-state index in [1.807, 2.05) is 0 Å². The maximum atomic E-state index is 11.8. The molecule has 0 aromatic heterocycles. The molecule has 1 aromatic carbocycles. The zero-order chi connectivity index (χ0) is 16.7. The quantitative estimate of drug-likeness (QED) is 0.562.